The van der Waals surface area contributed by atoms with E-state index in [0.717, 1.165) is 25.9 Å². The summed E-state index contributed by atoms with van der Waals surface area (Å²) in [6.07, 6.45) is 2.05. The maximum absolute atomic E-state index is 12.8. The van der Waals surface area contributed by atoms with Gasteiger partial charge >= 0.3 is 0 Å². The van der Waals surface area contributed by atoms with Gasteiger partial charge in [-0.2, -0.15) is 17.0 Å². The second kappa shape index (κ2) is 6.91. The van der Waals surface area contributed by atoms with E-state index in [1.54, 1.807) is 8.61 Å². The SMILES string of the molecule is CCNCC1CCCN(S(=O)(=O)N2CCOC(C)(C)C2)C1. The smallest absolute Gasteiger partial charge is 0.282 e. The van der Waals surface area contributed by atoms with E-state index in [0.29, 0.717) is 38.7 Å². The third-order valence-electron chi connectivity index (χ3n) is 4.21. The van der Waals surface area contributed by atoms with Crippen LogP contribution in [0.2, 0.25) is 0 Å². The molecule has 0 aromatic rings. The summed E-state index contributed by atoms with van der Waals surface area (Å²) >= 11 is 0. The van der Waals surface area contributed by atoms with Crippen molar-refractivity contribution < 1.29 is 13.2 Å². The zero-order valence-electron chi connectivity index (χ0n) is 13.5. The van der Waals surface area contributed by atoms with Crippen molar-refractivity contribution in [3.63, 3.8) is 0 Å². The molecule has 0 spiro atoms. The highest BCUT2D eigenvalue weighted by Gasteiger charge is 2.38. The number of nitrogens with one attached hydrogen (secondary N) is 1. The van der Waals surface area contributed by atoms with Gasteiger partial charge in [0, 0.05) is 26.2 Å². The molecular formula is C14H29N3O3S. The normalized spacial score (nSPS) is 28.6. The van der Waals surface area contributed by atoms with Crippen molar-refractivity contribution >= 4 is 10.2 Å². The van der Waals surface area contributed by atoms with Gasteiger partial charge in [0.15, 0.2) is 0 Å². The van der Waals surface area contributed by atoms with Crippen molar-refractivity contribution in [1.29, 1.82) is 0 Å². The van der Waals surface area contributed by atoms with Crippen LogP contribution in [-0.2, 0) is 14.9 Å². The molecule has 1 atom stereocenters. The van der Waals surface area contributed by atoms with Gasteiger partial charge in [0.25, 0.3) is 10.2 Å². The molecule has 2 aliphatic heterocycles. The maximum atomic E-state index is 12.8. The first kappa shape index (κ1) is 17.1. The molecule has 2 heterocycles. The summed E-state index contributed by atoms with van der Waals surface area (Å²) in [5.41, 5.74) is -0.399. The minimum absolute atomic E-state index is 0.399. The number of piperidine rings is 1. The van der Waals surface area contributed by atoms with Crippen molar-refractivity contribution in [1.82, 2.24) is 13.9 Å². The molecule has 0 aliphatic carbocycles. The molecular weight excluding hydrogens is 290 g/mol. The third-order valence-corrected chi connectivity index (χ3v) is 6.16. The van der Waals surface area contributed by atoms with Crippen molar-refractivity contribution in [3.8, 4) is 0 Å². The minimum Gasteiger partial charge on any atom is -0.373 e. The van der Waals surface area contributed by atoms with Gasteiger partial charge in [-0.25, -0.2) is 0 Å². The number of hydrogen-bond donors (Lipinski definition) is 1. The van der Waals surface area contributed by atoms with Crippen LogP contribution < -0.4 is 5.32 Å². The molecule has 1 N–H and O–H groups in total. The Morgan fingerprint density at radius 3 is 2.71 bits per heavy atom. The average Bonchev–Trinajstić information content (AvgIpc) is 2.44. The monoisotopic (exact) mass is 319 g/mol. The summed E-state index contributed by atoms with van der Waals surface area (Å²) in [5.74, 6) is 0.419. The number of morpholine rings is 1. The Bertz CT molecular complexity index is 439. The zero-order chi connectivity index (χ0) is 15.5. The van der Waals surface area contributed by atoms with Crippen LogP contribution in [0.25, 0.3) is 0 Å². The highest BCUT2D eigenvalue weighted by atomic mass is 32.2. The van der Waals surface area contributed by atoms with Crippen molar-refractivity contribution in [2.75, 3.05) is 45.9 Å². The number of nitrogens with zero attached hydrogens (tertiary/aromatic N) is 2. The molecule has 21 heavy (non-hydrogen) atoms. The van der Waals surface area contributed by atoms with E-state index in [2.05, 4.69) is 12.2 Å². The fraction of sp³-hybridized carbons (Fsp3) is 1.00. The molecule has 124 valence electrons. The Labute approximate surface area is 129 Å². The molecule has 7 heteroatoms. The Hall–Kier alpha value is -0.210. The van der Waals surface area contributed by atoms with E-state index in [1.807, 2.05) is 13.8 Å². The van der Waals surface area contributed by atoms with Crippen molar-refractivity contribution in [3.05, 3.63) is 0 Å². The standard InChI is InChI=1S/C14H29N3O3S/c1-4-15-10-13-6-5-7-16(11-13)21(18,19)17-8-9-20-14(2,3)12-17/h13,15H,4-12H2,1-3H3. The molecule has 0 amide bonds. The van der Waals surface area contributed by atoms with Crippen molar-refractivity contribution in [2.24, 2.45) is 5.92 Å². The second-order valence-electron chi connectivity index (χ2n) is 6.62. The fourth-order valence-corrected chi connectivity index (χ4v) is 4.95. The first-order chi connectivity index (χ1) is 9.85. The molecule has 2 rings (SSSR count). The quantitative estimate of drug-likeness (QED) is 0.809. The van der Waals surface area contributed by atoms with Crippen LogP contribution in [0.15, 0.2) is 0 Å². The average molecular weight is 319 g/mol. The first-order valence-corrected chi connectivity index (χ1v) is 9.35. The molecule has 0 bridgehead atoms. The lowest BCUT2D eigenvalue weighted by Crippen LogP contribution is -2.56. The van der Waals surface area contributed by atoms with E-state index < -0.39 is 15.8 Å². The van der Waals surface area contributed by atoms with Gasteiger partial charge in [-0.3, -0.25) is 0 Å². The van der Waals surface area contributed by atoms with E-state index >= 15 is 0 Å². The largest absolute Gasteiger partial charge is 0.373 e. The summed E-state index contributed by atoms with van der Waals surface area (Å²) in [6, 6.07) is 0. The highest BCUT2D eigenvalue weighted by Crippen LogP contribution is 2.24. The van der Waals surface area contributed by atoms with Gasteiger partial charge in [-0.15, -0.1) is 0 Å². The second-order valence-corrected chi connectivity index (χ2v) is 8.55. The molecule has 0 radical (unpaired) electrons. The molecule has 1 unspecified atom stereocenters. The molecule has 2 fully saturated rings. The lowest BCUT2D eigenvalue weighted by Gasteiger charge is -2.41. The number of ether oxygens (including phenoxy) is 1. The van der Waals surface area contributed by atoms with E-state index in [9.17, 15) is 8.42 Å². The van der Waals surface area contributed by atoms with Gasteiger partial charge in [-0.05, 0) is 45.7 Å². The summed E-state index contributed by atoms with van der Waals surface area (Å²) in [4.78, 5) is 0. The lowest BCUT2D eigenvalue weighted by molar-refractivity contribution is -0.0654. The van der Waals surface area contributed by atoms with Gasteiger partial charge in [-0.1, -0.05) is 6.92 Å². The van der Waals surface area contributed by atoms with Crippen LogP contribution in [0.5, 0.6) is 0 Å². The van der Waals surface area contributed by atoms with Crippen LogP contribution >= 0.6 is 0 Å². The first-order valence-electron chi connectivity index (χ1n) is 7.95. The fourth-order valence-electron chi connectivity index (χ4n) is 3.08. The summed E-state index contributed by atoms with van der Waals surface area (Å²) in [7, 11) is -3.36. The van der Waals surface area contributed by atoms with Crippen LogP contribution in [0.1, 0.15) is 33.6 Å². The lowest BCUT2D eigenvalue weighted by atomic mass is 10.00. The van der Waals surface area contributed by atoms with E-state index in [1.165, 1.54) is 0 Å². The van der Waals surface area contributed by atoms with Crippen molar-refractivity contribution in [2.45, 2.75) is 39.2 Å². The molecule has 0 aromatic heterocycles. The number of rotatable bonds is 5. The Balaban J connectivity index is 2.01. The highest BCUT2D eigenvalue weighted by molar-refractivity contribution is 7.86. The Morgan fingerprint density at radius 1 is 1.29 bits per heavy atom. The zero-order valence-corrected chi connectivity index (χ0v) is 14.3. The Kier molecular flexibility index (Phi) is 5.65. The predicted octanol–water partition coefficient (Wildman–Crippen LogP) is 0.664. The Morgan fingerprint density at radius 2 is 2.05 bits per heavy atom. The van der Waals surface area contributed by atoms with Crippen LogP contribution in [0, 0.1) is 5.92 Å². The van der Waals surface area contributed by atoms with Crippen LogP contribution in [-0.4, -0.2) is 68.5 Å². The van der Waals surface area contributed by atoms with Gasteiger partial charge in [0.05, 0.1) is 12.2 Å². The minimum atomic E-state index is -3.36. The summed E-state index contributed by atoms with van der Waals surface area (Å²) in [6.45, 7) is 10.4. The molecule has 2 aliphatic rings. The topological polar surface area (TPSA) is 61.9 Å². The van der Waals surface area contributed by atoms with E-state index in [-0.39, 0.29) is 0 Å². The summed E-state index contributed by atoms with van der Waals surface area (Å²) in [5, 5.41) is 3.33. The molecule has 0 aromatic carbocycles. The van der Waals surface area contributed by atoms with E-state index in [4.69, 9.17) is 4.74 Å². The van der Waals surface area contributed by atoms with Gasteiger partial charge in [0.1, 0.15) is 0 Å². The van der Waals surface area contributed by atoms with Crippen LogP contribution in [0.4, 0.5) is 0 Å². The predicted molar refractivity (Wildman–Crippen MR) is 83.4 cm³/mol. The molecule has 6 nitrogen and oxygen atoms in total. The van der Waals surface area contributed by atoms with Gasteiger partial charge in [0.2, 0.25) is 0 Å². The van der Waals surface area contributed by atoms with Gasteiger partial charge < -0.3 is 10.1 Å². The molecule has 2 saturated heterocycles. The summed E-state index contributed by atoms with van der Waals surface area (Å²) < 4.78 is 34.5. The third kappa shape index (κ3) is 4.39. The molecule has 0 saturated carbocycles. The van der Waals surface area contributed by atoms with Crippen LogP contribution in [0.3, 0.4) is 0 Å². The number of hydrogen-bond acceptors (Lipinski definition) is 4. The maximum Gasteiger partial charge on any atom is 0.282 e.